The van der Waals surface area contributed by atoms with Crippen LogP contribution in [0, 0.1) is 12.7 Å². The molecular weight excluding hydrogens is 367 g/mol. The zero-order valence-corrected chi connectivity index (χ0v) is 15.5. The summed E-state index contributed by atoms with van der Waals surface area (Å²) in [5.74, 6) is -0.395. The maximum atomic E-state index is 14.4. The van der Waals surface area contributed by atoms with Crippen molar-refractivity contribution >= 4 is 17.5 Å². The fourth-order valence-electron chi connectivity index (χ4n) is 3.20. The Balaban J connectivity index is 1.74. The third kappa shape index (κ3) is 3.47. The van der Waals surface area contributed by atoms with Crippen molar-refractivity contribution in [2.45, 2.75) is 32.4 Å². The number of halogens is 2. The van der Waals surface area contributed by atoms with E-state index in [4.69, 9.17) is 16.1 Å². The van der Waals surface area contributed by atoms with Gasteiger partial charge in [-0.25, -0.2) is 4.39 Å². The van der Waals surface area contributed by atoms with Crippen molar-refractivity contribution in [3.05, 3.63) is 76.3 Å². The van der Waals surface area contributed by atoms with Gasteiger partial charge in [0.25, 0.3) is 5.91 Å². The van der Waals surface area contributed by atoms with E-state index in [9.17, 15) is 9.18 Å². The van der Waals surface area contributed by atoms with E-state index < -0.39 is 5.82 Å². The molecule has 1 aliphatic carbocycles. The Morgan fingerprint density at radius 2 is 1.96 bits per heavy atom. The smallest absolute Gasteiger partial charge is 0.260 e. The molecule has 0 spiro atoms. The summed E-state index contributed by atoms with van der Waals surface area (Å²) in [4.78, 5) is 15.2. The second-order valence-electron chi connectivity index (χ2n) is 6.71. The lowest BCUT2D eigenvalue weighted by Crippen LogP contribution is -2.33. The summed E-state index contributed by atoms with van der Waals surface area (Å²) in [5.41, 5.74) is 1.55. The highest BCUT2D eigenvalue weighted by Gasteiger charge is 2.36. The van der Waals surface area contributed by atoms with Gasteiger partial charge in [0.15, 0.2) is 0 Å². The van der Waals surface area contributed by atoms with Crippen LogP contribution >= 0.6 is 11.6 Å². The van der Waals surface area contributed by atoms with Gasteiger partial charge in [-0.2, -0.15) is 0 Å². The summed E-state index contributed by atoms with van der Waals surface area (Å²) >= 11 is 6.19. The van der Waals surface area contributed by atoms with Gasteiger partial charge in [-0.1, -0.05) is 53.2 Å². The van der Waals surface area contributed by atoms with Gasteiger partial charge in [0.1, 0.15) is 22.8 Å². The second-order valence-corrected chi connectivity index (χ2v) is 7.12. The van der Waals surface area contributed by atoms with E-state index in [2.05, 4.69) is 5.16 Å². The number of aromatic nitrogens is 1. The number of rotatable bonds is 5. The minimum atomic E-state index is -0.536. The fraction of sp³-hybridized carbons (Fsp3) is 0.238. The summed E-state index contributed by atoms with van der Waals surface area (Å²) in [5, 5.41) is 4.14. The number of benzene rings is 2. The van der Waals surface area contributed by atoms with Crippen LogP contribution in [0.4, 0.5) is 4.39 Å². The third-order valence-corrected chi connectivity index (χ3v) is 5.04. The molecule has 0 atom stereocenters. The first-order chi connectivity index (χ1) is 13.1. The van der Waals surface area contributed by atoms with E-state index in [-0.39, 0.29) is 33.8 Å². The average Bonchev–Trinajstić information content (AvgIpc) is 3.43. The largest absolute Gasteiger partial charge is 0.360 e. The summed E-state index contributed by atoms with van der Waals surface area (Å²) in [6.45, 7) is 2.14. The van der Waals surface area contributed by atoms with E-state index >= 15 is 0 Å². The molecular formula is C21H18ClFN2O2. The SMILES string of the molecule is Cc1onc(-c2c(F)cccc2Cl)c1C(=O)N(Cc1ccccc1)C1CC1. The van der Waals surface area contributed by atoms with E-state index in [0.29, 0.717) is 12.3 Å². The summed E-state index contributed by atoms with van der Waals surface area (Å²) in [7, 11) is 0. The van der Waals surface area contributed by atoms with Gasteiger partial charge in [0.05, 0.1) is 10.6 Å². The van der Waals surface area contributed by atoms with Crippen LogP contribution in [0.15, 0.2) is 53.1 Å². The Morgan fingerprint density at radius 1 is 1.22 bits per heavy atom. The molecule has 1 heterocycles. The third-order valence-electron chi connectivity index (χ3n) is 4.72. The molecule has 1 saturated carbocycles. The van der Waals surface area contributed by atoms with Crippen molar-refractivity contribution in [2.24, 2.45) is 0 Å². The number of nitrogens with zero attached hydrogens (tertiary/aromatic N) is 2. The first-order valence-corrected chi connectivity index (χ1v) is 9.19. The van der Waals surface area contributed by atoms with Gasteiger partial charge < -0.3 is 9.42 Å². The zero-order valence-electron chi connectivity index (χ0n) is 14.8. The molecule has 138 valence electrons. The lowest BCUT2D eigenvalue weighted by Gasteiger charge is -2.23. The normalized spacial score (nSPS) is 13.6. The van der Waals surface area contributed by atoms with Crippen molar-refractivity contribution in [3.8, 4) is 11.3 Å². The molecule has 0 aliphatic heterocycles. The van der Waals surface area contributed by atoms with Gasteiger partial charge >= 0.3 is 0 Å². The molecule has 0 radical (unpaired) electrons. The Hall–Kier alpha value is -2.66. The number of hydrogen-bond donors (Lipinski definition) is 0. The monoisotopic (exact) mass is 384 g/mol. The van der Waals surface area contributed by atoms with Crippen molar-refractivity contribution in [1.29, 1.82) is 0 Å². The van der Waals surface area contributed by atoms with E-state index in [1.54, 1.807) is 13.0 Å². The van der Waals surface area contributed by atoms with Crippen LogP contribution in [-0.2, 0) is 6.54 Å². The first-order valence-electron chi connectivity index (χ1n) is 8.82. The van der Waals surface area contributed by atoms with Gasteiger partial charge in [-0.05, 0) is 37.5 Å². The fourth-order valence-corrected chi connectivity index (χ4v) is 3.45. The van der Waals surface area contributed by atoms with Crippen molar-refractivity contribution < 1.29 is 13.7 Å². The van der Waals surface area contributed by atoms with Crippen molar-refractivity contribution in [1.82, 2.24) is 10.1 Å². The molecule has 0 unspecified atom stereocenters. The molecule has 1 amide bonds. The highest BCUT2D eigenvalue weighted by molar-refractivity contribution is 6.33. The van der Waals surface area contributed by atoms with Gasteiger partial charge in [-0.3, -0.25) is 4.79 Å². The number of hydrogen-bond acceptors (Lipinski definition) is 3. The molecule has 6 heteroatoms. The van der Waals surface area contributed by atoms with E-state index in [0.717, 1.165) is 18.4 Å². The summed E-state index contributed by atoms with van der Waals surface area (Å²) in [6, 6.07) is 14.4. The molecule has 0 saturated heterocycles. The standard InChI is InChI=1S/C21H18ClFN2O2/c1-13-18(20(24-27-13)19-16(22)8-5-9-17(19)23)21(26)25(15-10-11-15)12-14-6-3-2-4-7-14/h2-9,15H,10-12H2,1H3. The second kappa shape index (κ2) is 7.16. The molecule has 4 rings (SSSR count). The molecule has 0 bridgehead atoms. The lowest BCUT2D eigenvalue weighted by atomic mass is 10.0. The molecule has 2 aromatic carbocycles. The summed E-state index contributed by atoms with van der Waals surface area (Å²) in [6.07, 6.45) is 1.91. The van der Waals surface area contributed by atoms with Crippen molar-refractivity contribution in [3.63, 3.8) is 0 Å². The van der Waals surface area contributed by atoms with E-state index in [1.807, 2.05) is 35.2 Å². The minimum absolute atomic E-state index is 0.0924. The van der Waals surface area contributed by atoms with Crippen LogP contribution in [0.2, 0.25) is 5.02 Å². The van der Waals surface area contributed by atoms with Crippen molar-refractivity contribution in [2.75, 3.05) is 0 Å². The van der Waals surface area contributed by atoms with Crippen LogP contribution in [0.1, 0.15) is 34.5 Å². The maximum Gasteiger partial charge on any atom is 0.260 e. The number of aryl methyl sites for hydroxylation is 1. The van der Waals surface area contributed by atoms with Crippen LogP contribution in [-0.4, -0.2) is 22.0 Å². The van der Waals surface area contributed by atoms with Gasteiger partial charge in [0.2, 0.25) is 0 Å². The zero-order chi connectivity index (χ0) is 19.0. The highest BCUT2D eigenvalue weighted by atomic mass is 35.5. The average molecular weight is 385 g/mol. The van der Waals surface area contributed by atoms with Gasteiger partial charge in [-0.15, -0.1) is 0 Å². The minimum Gasteiger partial charge on any atom is -0.360 e. The van der Waals surface area contributed by atoms with Crippen LogP contribution in [0.5, 0.6) is 0 Å². The number of amides is 1. The first kappa shape index (κ1) is 17.7. The Morgan fingerprint density at radius 3 is 2.63 bits per heavy atom. The molecule has 4 nitrogen and oxygen atoms in total. The number of carbonyl (C=O) groups is 1. The van der Waals surface area contributed by atoms with Crippen LogP contribution < -0.4 is 0 Å². The molecule has 1 aliphatic rings. The molecule has 27 heavy (non-hydrogen) atoms. The predicted molar refractivity (Wildman–Crippen MR) is 101 cm³/mol. The maximum absolute atomic E-state index is 14.4. The van der Waals surface area contributed by atoms with E-state index in [1.165, 1.54) is 12.1 Å². The highest BCUT2D eigenvalue weighted by Crippen LogP contribution is 2.36. The molecule has 1 fully saturated rings. The molecule has 3 aromatic rings. The Bertz CT molecular complexity index is 963. The quantitative estimate of drug-likeness (QED) is 0.603. The van der Waals surface area contributed by atoms with Crippen LogP contribution in [0.25, 0.3) is 11.3 Å². The Labute approximate surface area is 161 Å². The summed E-state index contributed by atoms with van der Waals surface area (Å²) < 4.78 is 19.7. The van der Waals surface area contributed by atoms with Crippen LogP contribution in [0.3, 0.4) is 0 Å². The topological polar surface area (TPSA) is 46.3 Å². The Kier molecular flexibility index (Phi) is 4.70. The number of carbonyl (C=O) groups excluding carboxylic acids is 1. The molecule has 0 N–H and O–H groups in total. The predicted octanol–water partition coefficient (Wildman–Crippen LogP) is 5.25. The van der Waals surface area contributed by atoms with Gasteiger partial charge in [0, 0.05) is 12.6 Å². The molecule has 1 aromatic heterocycles. The lowest BCUT2D eigenvalue weighted by molar-refractivity contribution is 0.0729.